The SMILES string of the molecule is Cn1cc(S(=O)(=O)Nc2ccccc2-c2cccs2)cc1C(=O)O. The highest BCUT2D eigenvalue weighted by atomic mass is 32.2. The highest BCUT2D eigenvalue weighted by Gasteiger charge is 2.21. The van der Waals surface area contributed by atoms with Crippen molar-refractivity contribution in [2.75, 3.05) is 4.72 Å². The molecule has 0 fully saturated rings. The average Bonchev–Trinajstić information content (AvgIpc) is 3.17. The van der Waals surface area contributed by atoms with E-state index in [1.165, 1.54) is 29.1 Å². The van der Waals surface area contributed by atoms with E-state index in [9.17, 15) is 13.2 Å². The lowest BCUT2D eigenvalue weighted by atomic mass is 10.1. The summed E-state index contributed by atoms with van der Waals surface area (Å²) in [5.74, 6) is -1.18. The molecule has 0 radical (unpaired) electrons. The van der Waals surface area contributed by atoms with Crippen LogP contribution in [-0.4, -0.2) is 24.1 Å². The van der Waals surface area contributed by atoms with E-state index in [1.54, 1.807) is 12.1 Å². The monoisotopic (exact) mass is 362 g/mol. The van der Waals surface area contributed by atoms with Gasteiger partial charge in [0.2, 0.25) is 0 Å². The molecule has 3 rings (SSSR count). The van der Waals surface area contributed by atoms with E-state index >= 15 is 0 Å². The number of carboxylic acids is 1. The van der Waals surface area contributed by atoms with Crippen LogP contribution in [0.25, 0.3) is 10.4 Å². The maximum absolute atomic E-state index is 12.6. The Morgan fingerprint density at radius 3 is 2.58 bits per heavy atom. The van der Waals surface area contributed by atoms with Gasteiger partial charge in [0, 0.05) is 23.7 Å². The van der Waals surface area contributed by atoms with Gasteiger partial charge in [-0.2, -0.15) is 0 Å². The lowest BCUT2D eigenvalue weighted by molar-refractivity contribution is 0.0686. The number of sulfonamides is 1. The Labute approximate surface area is 143 Å². The molecule has 0 bridgehead atoms. The van der Waals surface area contributed by atoms with Gasteiger partial charge in [-0.15, -0.1) is 11.3 Å². The zero-order valence-corrected chi connectivity index (χ0v) is 14.3. The molecule has 2 aromatic heterocycles. The summed E-state index contributed by atoms with van der Waals surface area (Å²) in [7, 11) is -2.40. The van der Waals surface area contributed by atoms with E-state index in [2.05, 4.69) is 4.72 Å². The average molecular weight is 362 g/mol. The van der Waals surface area contributed by atoms with Crippen LogP contribution in [0.2, 0.25) is 0 Å². The fourth-order valence-electron chi connectivity index (χ4n) is 2.32. The van der Waals surface area contributed by atoms with Crippen LogP contribution in [0.3, 0.4) is 0 Å². The van der Waals surface area contributed by atoms with E-state index in [-0.39, 0.29) is 10.6 Å². The zero-order chi connectivity index (χ0) is 17.3. The van der Waals surface area contributed by atoms with Crippen LogP contribution >= 0.6 is 11.3 Å². The normalized spacial score (nSPS) is 11.4. The van der Waals surface area contributed by atoms with Crippen LogP contribution in [0.1, 0.15) is 10.5 Å². The highest BCUT2D eigenvalue weighted by molar-refractivity contribution is 7.92. The van der Waals surface area contributed by atoms with E-state index in [0.717, 1.165) is 16.5 Å². The molecule has 0 aliphatic heterocycles. The summed E-state index contributed by atoms with van der Waals surface area (Å²) >= 11 is 1.51. The largest absolute Gasteiger partial charge is 0.477 e. The molecule has 24 heavy (non-hydrogen) atoms. The van der Waals surface area contributed by atoms with Gasteiger partial charge in [0.25, 0.3) is 10.0 Å². The molecule has 2 N–H and O–H groups in total. The van der Waals surface area contributed by atoms with Gasteiger partial charge in [-0.1, -0.05) is 24.3 Å². The molecule has 0 amide bonds. The first-order valence-corrected chi connectivity index (χ1v) is 9.30. The van der Waals surface area contributed by atoms with Gasteiger partial charge in [-0.3, -0.25) is 4.72 Å². The maximum atomic E-state index is 12.6. The number of benzene rings is 1. The second-order valence-electron chi connectivity index (χ2n) is 5.11. The van der Waals surface area contributed by atoms with Crippen LogP contribution < -0.4 is 4.72 Å². The number of para-hydroxylation sites is 1. The molecule has 0 aliphatic carbocycles. The molecule has 0 aliphatic rings. The van der Waals surface area contributed by atoms with E-state index in [4.69, 9.17) is 5.11 Å². The Morgan fingerprint density at radius 1 is 1.21 bits per heavy atom. The minimum atomic E-state index is -3.89. The third-order valence-corrected chi connectivity index (χ3v) is 5.70. The van der Waals surface area contributed by atoms with E-state index < -0.39 is 16.0 Å². The highest BCUT2D eigenvalue weighted by Crippen LogP contribution is 2.32. The second kappa shape index (κ2) is 6.14. The van der Waals surface area contributed by atoms with Crippen molar-refractivity contribution < 1.29 is 18.3 Å². The number of nitrogens with one attached hydrogen (secondary N) is 1. The van der Waals surface area contributed by atoms with Gasteiger partial charge >= 0.3 is 5.97 Å². The van der Waals surface area contributed by atoms with Crippen molar-refractivity contribution in [3.8, 4) is 10.4 Å². The smallest absolute Gasteiger partial charge is 0.352 e. The Hall–Kier alpha value is -2.58. The lowest BCUT2D eigenvalue weighted by Gasteiger charge is -2.10. The predicted octanol–water partition coefficient (Wildman–Crippen LogP) is 3.25. The number of carboxylic acid groups (broad SMARTS) is 1. The van der Waals surface area contributed by atoms with Crippen molar-refractivity contribution in [2.24, 2.45) is 7.05 Å². The molecule has 0 atom stereocenters. The third-order valence-electron chi connectivity index (χ3n) is 3.47. The molecule has 0 unspecified atom stereocenters. The minimum Gasteiger partial charge on any atom is -0.477 e. The number of hydrogen-bond acceptors (Lipinski definition) is 4. The number of nitrogens with zero attached hydrogens (tertiary/aromatic N) is 1. The summed E-state index contributed by atoms with van der Waals surface area (Å²) in [5.41, 5.74) is 1.12. The molecule has 1 aromatic carbocycles. The molecule has 0 saturated heterocycles. The first-order valence-electron chi connectivity index (χ1n) is 6.94. The molecule has 6 nitrogen and oxygen atoms in total. The quantitative estimate of drug-likeness (QED) is 0.729. The number of thiophene rings is 1. The van der Waals surface area contributed by atoms with Gasteiger partial charge in [0.15, 0.2) is 0 Å². The molecule has 3 aromatic rings. The van der Waals surface area contributed by atoms with Crippen LogP contribution in [0.5, 0.6) is 0 Å². The number of hydrogen-bond donors (Lipinski definition) is 2. The van der Waals surface area contributed by atoms with Crippen molar-refractivity contribution in [3.63, 3.8) is 0 Å². The number of anilines is 1. The van der Waals surface area contributed by atoms with Crippen molar-refractivity contribution in [3.05, 3.63) is 59.7 Å². The van der Waals surface area contributed by atoms with Crippen LogP contribution in [-0.2, 0) is 17.1 Å². The summed E-state index contributed by atoms with van der Waals surface area (Å²) in [4.78, 5) is 11.9. The molecular weight excluding hydrogens is 348 g/mol. The standard InChI is InChI=1S/C16H14N2O4S2/c1-18-10-11(9-14(18)16(19)20)24(21,22)17-13-6-3-2-5-12(13)15-7-4-8-23-15/h2-10,17H,1H3,(H,19,20). The second-order valence-corrected chi connectivity index (χ2v) is 7.74. The summed E-state index contributed by atoms with van der Waals surface area (Å²) < 4.78 is 29.0. The van der Waals surface area contributed by atoms with Gasteiger partial charge in [0.1, 0.15) is 10.6 Å². The number of aromatic nitrogens is 1. The van der Waals surface area contributed by atoms with Crippen LogP contribution in [0.15, 0.2) is 58.9 Å². The minimum absolute atomic E-state index is 0.0941. The molecule has 124 valence electrons. The van der Waals surface area contributed by atoms with Crippen molar-refractivity contribution >= 4 is 33.0 Å². The lowest BCUT2D eigenvalue weighted by Crippen LogP contribution is -2.13. The number of aryl methyl sites for hydroxylation is 1. The van der Waals surface area contributed by atoms with E-state index in [0.29, 0.717) is 5.69 Å². The Bertz CT molecular complexity index is 989. The number of aromatic carboxylic acids is 1. The maximum Gasteiger partial charge on any atom is 0.352 e. The topological polar surface area (TPSA) is 88.4 Å². The Balaban J connectivity index is 1.99. The van der Waals surface area contributed by atoms with E-state index in [1.807, 2.05) is 29.6 Å². The molecule has 2 heterocycles. The number of carbonyl (C=O) groups is 1. The van der Waals surface area contributed by atoms with Gasteiger partial charge in [-0.05, 0) is 23.6 Å². The fourth-order valence-corrected chi connectivity index (χ4v) is 4.23. The molecule has 8 heteroatoms. The van der Waals surface area contributed by atoms with Gasteiger partial charge in [-0.25, -0.2) is 13.2 Å². The predicted molar refractivity (Wildman–Crippen MR) is 92.9 cm³/mol. The van der Waals surface area contributed by atoms with Crippen LogP contribution in [0.4, 0.5) is 5.69 Å². The van der Waals surface area contributed by atoms with Crippen molar-refractivity contribution in [1.82, 2.24) is 4.57 Å². The van der Waals surface area contributed by atoms with Crippen molar-refractivity contribution in [2.45, 2.75) is 4.90 Å². The zero-order valence-electron chi connectivity index (χ0n) is 12.6. The molecule has 0 saturated carbocycles. The first-order chi connectivity index (χ1) is 11.4. The Kier molecular flexibility index (Phi) is 4.16. The molecular formula is C16H14N2O4S2. The first kappa shape index (κ1) is 16.3. The molecule has 0 spiro atoms. The third kappa shape index (κ3) is 3.06. The fraction of sp³-hybridized carbons (Fsp3) is 0.0625. The summed E-state index contributed by atoms with van der Waals surface area (Å²) in [5, 5.41) is 11.0. The van der Waals surface area contributed by atoms with Gasteiger partial charge < -0.3 is 9.67 Å². The number of rotatable bonds is 5. The Morgan fingerprint density at radius 2 is 1.96 bits per heavy atom. The van der Waals surface area contributed by atoms with Crippen molar-refractivity contribution in [1.29, 1.82) is 0 Å². The summed E-state index contributed by atoms with van der Waals surface area (Å²) in [6, 6.07) is 12.0. The summed E-state index contributed by atoms with van der Waals surface area (Å²) in [6.07, 6.45) is 1.28. The summed E-state index contributed by atoms with van der Waals surface area (Å²) in [6.45, 7) is 0. The van der Waals surface area contributed by atoms with Crippen LogP contribution in [0, 0.1) is 0 Å². The van der Waals surface area contributed by atoms with Gasteiger partial charge in [0.05, 0.1) is 5.69 Å².